The molecule has 0 saturated carbocycles. The van der Waals surface area contributed by atoms with Crippen molar-refractivity contribution in [3.63, 3.8) is 0 Å². The van der Waals surface area contributed by atoms with Gasteiger partial charge in [0.1, 0.15) is 4.21 Å². The van der Waals surface area contributed by atoms with Gasteiger partial charge in [0.2, 0.25) is 5.91 Å². The van der Waals surface area contributed by atoms with Crippen molar-refractivity contribution in [1.82, 2.24) is 9.62 Å². The molecule has 0 spiro atoms. The Morgan fingerprint density at radius 3 is 2.39 bits per heavy atom. The summed E-state index contributed by atoms with van der Waals surface area (Å²) in [5.41, 5.74) is 2.26. The number of carbonyl (C=O) groups excluding carboxylic acids is 1. The summed E-state index contributed by atoms with van der Waals surface area (Å²) in [5.74, 6) is -0.273. The van der Waals surface area contributed by atoms with Crippen LogP contribution in [-0.4, -0.2) is 32.8 Å². The maximum absolute atomic E-state index is 12.1. The van der Waals surface area contributed by atoms with Gasteiger partial charge in [0, 0.05) is 13.6 Å². The third kappa shape index (κ3) is 4.89. The normalized spacial score (nSPS) is 11.4. The zero-order chi connectivity index (χ0) is 16.9. The van der Waals surface area contributed by atoms with Crippen LogP contribution in [0.2, 0.25) is 0 Å². The molecule has 7 heteroatoms. The van der Waals surface area contributed by atoms with E-state index >= 15 is 0 Å². The van der Waals surface area contributed by atoms with Crippen molar-refractivity contribution < 1.29 is 13.2 Å². The lowest BCUT2D eigenvalue weighted by Crippen LogP contribution is -2.37. The van der Waals surface area contributed by atoms with Crippen LogP contribution in [0.25, 0.3) is 0 Å². The molecule has 0 radical (unpaired) electrons. The van der Waals surface area contributed by atoms with Crippen molar-refractivity contribution >= 4 is 27.3 Å². The van der Waals surface area contributed by atoms with Crippen molar-refractivity contribution in [1.29, 1.82) is 0 Å². The summed E-state index contributed by atoms with van der Waals surface area (Å²) in [4.78, 5) is 13.6. The van der Waals surface area contributed by atoms with Crippen LogP contribution in [0.15, 0.2) is 46.0 Å². The van der Waals surface area contributed by atoms with Crippen molar-refractivity contribution in [2.24, 2.45) is 0 Å². The highest BCUT2D eigenvalue weighted by Crippen LogP contribution is 2.15. The zero-order valence-electron chi connectivity index (χ0n) is 13.2. The molecule has 0 aliphatic heterocycles. The number of aryl methyl sites for hydroxylation is 1. The van der Waals surface area contributed by atoms with Gasteiger partial charge < -0.3 is 4.90 Å². The fraction of sp³-hybridized carbons (Fsp3) is 0.312. The smallest absolute Gasteiger partial charge is 0.250 e. The summed E-state index contributed by atoms with van der Waals surface area (Å²) in [6, 6.07) is 11.2. The van der Waals surface area contributed by atoms with Gasteiger partial charge in [-0.2, -0.15) is 0 Å². The molecular weight excluding hydrogens is 332 g/mol. The first kappa shape index (κ1) is 17.7. The SMILES string of the molecule is CCc1ccc(CN(C)C(=O)CNS(=O)(=O)c2cccs2)cc1. The van der Waals surface area contributed by atoms with Crippen LogP contribution in [0, 0.1) is 0 Å². The van der Waals surface area contributed by atoms with Crippen molar-refractivity contribution in [3.8, 4) is 0 Å². The van der Waals surface area contributed by atoms with Gasteiger partial charge in [0.05, 0.1) is 6.54 Å². The summed E-state index contributed by atoms with van der Waals surface area (Å²) >= 11 is 1.12. The van der Waals surface area contributed by atoms with Crippen LogP contribution < -0.4 is 4.72 Å². The number of nitrogens with one attached hydrogen (secondary N) is 1. The number of nitrogens with zero attached hydrogens (tertiary/aromatic N) is 1. The molecule has 0 bridgehead atoms. The average molecular weight is 352 g/mol. The molecule has 1 aromatic carbocycles. The second-order valence-electron chi connectivity index (χ2n) is 5.18. The number of amides is 1. The van der Waals surface area contributed by atoms with Crippen molar-refractivity contribution in [3.05, 3.63) is 52.9 Å². The highest BCUT2D eigenvalue weighted by molar-refractivity contribution is 7.91. The quantitative estimate of drug-likeness (QED) is 0.831. The lowest BCUT2D eigenvalue weighted by molar-refractivity contribution is -0.129. The predicted octanol–water partition coefficient (Wildman–Crippen LogP) is 2.25. The molecular formula is C16H20N2O3S2. The van der Waals surface area contributed by atoms with E-state index in [1.165, 1.54) is 16.5 Å². The van der Waals surface area contributed by atoms with Crippen LogP contribution in [0.3, 0.4) is 0 Å². The molecule has 124 valence electrons. The molecule has 23 heavy (non-hydrogen) atoms. The fourth-order valence-corrected chi connectivity index (χ4v) is 4.03. The Hall–Kier alpha value is -1.70. The number of hydrogen-bond acceptors (Lipinski definition) is 4. The predicted molar refractivity (Wildman–Crippen MR) is 91.8 cm³/mol. The molecule has 5 nitrogen and oxygen atoms in total. The summed E-state index contributed by atoms with van der Waals surface area (Å²) in [7, 11) is -1.94. The van der Waals surface area contributed by atoms with Gasteiger partial charge in [-0.1, -0.05) is 37.3 Å². The van der Waals surface area contributed by atoms with Gasteiger partial charge in [0.25, 0.3) is 10.0 Å². The Labute approximate surface area is 141 Å². The van der Waals surface area contributed by atoms with Crippen LogP contribution in [0.5, 0.6) is 0 Å². The van der Waals surface area contributed by atoms with Crippen LogP contribution in [0.4, 0.5) is 0 Å². The minimum atomic E-state index is -3.61. The van der Waals surface area contributed by atoms with E-state index in [0.717, 1.165) is 23.3 Å². The molecule has 0 aliphatic rings. The molecule has 0 saturated heterocycles. The van der Waals surface area contributed by atoms with Crippen LogP contribution >= 0.6 is 11.3 Å². The second kappa shape index (κ2) is 7.72. The highest BCUT2D eigenvalue weighted by Gasteiger charge is 2.18. The van der Waals surface area contributed by atoms with Gasteiger partial charge >= 0.3 is 0 Å². The van der Waals surface area contributed by atoms with Gasteiger partial charge in [0.15, 0.2) is 0 Å². The van der Waals surface area contributed by atoms with E-state index < -0.39 is 10.0 Å². The standard InChI is InChI=1S/C16H20N2O3S2/c1-3-13-6-8-14(9-7-13)12-18(2)15(19)11-17-23(20,21)16-5-4-10-22-16/h4-10,17H,3,11-12H2,1-2H3. The third-order valence-electron chi connectivity index (χ3n) is 3.45. The number of hydrogen-bond donors (Lipinski definition) is 1. The zero-order valence-corrected chi connectivity index (χ0v) is 14.8. The topological polar surface area (TPSA) is 66.5 Å². The lowest BCUT2D eigenvalue weighted by Gasteiger charge is -2.17. The van der Waals surface area contributed by atoms with E-state index in [0.29, 0.717) is 6.54 Å². The number of likely N-dealkylation sites (N-methyl/N-ethyl adjacent to an activating group) is 1. The maximum atomic E-state index is 12.1. The maximum Gasteiger partial charge on any atom is 0.250 e. The van der Waals surface area contributed by atoms with E-state index in [-0.39, 0.29) is 16.7 Å². The Morgan fingerprint density at radius 2 is 1.83 bits per heavy atom. The van der Waals surface area contributed by atoms with E-state index in [9.17, 15) is 13.2 Å². The first-order valence-corrected chi connectivity index (χ1v) is 9.63. The molecule has 2 aromatic rings. The van der Waals surface area contributed by atoms with Gasteiger partial charge in [-0.25, -0.2) is 13.1 Å². The van der Waals surface area contributed by atoms with Crippen molar-refractivity contribution in [2.45, 2.75) is 24.1 Å². The fourth-order valence-electron chi connectivity index (χ4n) is 2.02. The van der Waals surface area contributed by atoms with E-state index in [1.807, 2.05) is 24.3 Å². The van der Waals surface area contributed by atoms with Crippen molar-refractivity contribution in [2.75, 3.05) is 13.6 Å². The minimum absolute atomic E-state index is 0.211. The summed E-state index contributed by atoms with van der Waals surface area (Å²) in [5, 5.41) is 1.68. The Morgan fingerprint density at radius 1 is 1.17 bits per heavy atom. The Balaban J connectivity index is 1.89. The second-order valence-corrected chi connectivity index (χ2v) is 8.12. The highest BCUT2D eigenvalue weighted by atomic mass is 32.2. The molecule has 1 amide bonds. The largest absolute Gasteiger partial charge is 0.340 e. The summed E-state index contributed by atoms with van der Waals surface area (Å²) in [6.45, 7) is 2.29. The Kier molecular flexibility index (Phi) is 5.92. The first-order valence-electron chi connectivity index (χ1n) is 7.27. The first-order chi connectivity index (χ1) is 10.9. The molecule has 1 N–H and O–H groups in total. The lowest BCUT2D eigenvalue weighted by atomic mass is 10.1. The Bertz CT molecular complexity index is 738. The molecule has 0 fully saturated rings. The molecule has 0 aliphatic carbocycles. The molecule has 1 aromatic heterocycles. The summed E-state index contributed by atoms with van der Waals surface area (Å²) in [6.07, 6.45) is 0.972. The average Bonchev–Trinajstić information content (AvgIpc) is 3.08. The van der Waals surface area contributed by atoms with Gasteiger partial charge in [-0.05, 0) is 29.0 Å². The number of sulfonamides is 1. The third-order valence-corrected chi connectivity index (χ3v) is 6.25. The molecule has 0 atom stereocenters. The molecule has 0 unspecified atom stereocenters. The molecule has 1 heterocycles. The number of thiophene rings is 1. The molecule has 2 rings (SSSR count). The summed E-state index contributed by atoms with van der Waals surface area (Å²) < 4.78 is 26.5. The van der Waals surface area contributed by atoms with Crippen LogP contribution in [0.1, 0.15) is 18.1 Å². The van der Waals surface area contributed by atoms with E-state index in [2.05, 4.69) is 11.6 Å². The number of rotatable bonds is 7. The number of benzene rings is 1. The van der Waals surface area contributed by atoms with Gasteiger partial charge in [-0.3, -0.25) is 4.79 Å². The van der Waals surface area contributed by atoms with Crippen LogP contribution in [-0.2, 0) is 27.8 Å². The monoisotopic (exact) mass is 352 g/mol. The van der Waals surface area contributed by atoms with Gasteiger partial charge in [-0.15, -0.1) is 11.3 Å². The van der Waals surface area contributed by atoms with E-state index in [4.69, 9.17) is 0 Å². The van der Waals surface area contributed by atoms with E-state index in [1.54, 1.807) is 18.5 Å². The number of carbonyl (C=O) groups is 1. The minimum Gasteiger partial charge on any atom is -0.340 e.